The molecule has 1 aliphatic carbocycles. The van der Waals surface area contributed by atoms with E-state index >= 15 is 0 Å². The molecule has 0 heterocycles. The van der Waals surface area contributed by atoms with Gasteiger partial charge in [-0.05, 0) is 48.7 Å². The minimum absolute atomic E-state index is 0.663. The summed E-state index contributed by atoms with van der Waals surface area (Å²) in [5.74, 6) is 0. The Labute approximate surface area is 188 Å². The second-order valence-corrected chi connectivity index (χ2v) is 9.89. The number of nitrogens with zero attached hydrogens (tertiary/aromatic N) is 1. The fourth-order valence-electron chi connectivity index (χ4n) is 3.58. The molecule has 0 bridgehead atoms. The molecule has 0 N–H and O–H groups in total. The van der Waals surface area contributed by atoms with Gasteiger partial charge in [0.1, 0.15) is 0 Å². The molecule has 4 rings (SSSR count). The summed E-state index contributed by atoms with van der Waals surface area (Å²) in [4.78, 5) is 7.53. The summed E-state index contributed by atoms with van der Waals surface area (Å²) in [6, 6.07) is 31.6. The van der Waals surface area contributed by atoms with Crippen molar-refractivity contribution in [3.63, 3.8) is 0 Å². The van der Waals surface area contributed by atoms with Crippen molar-refractivity contribution in [1.29, 1.82) is 0 Å². The molecular weight excluding hydrogens is 402 g/mol. The molecule has 1 nitrogen and oxygen atoms in total. The first kappa shape index (κ1) is 21.0. The minimum atomic E-state index is 0.663. The van der Waals surface area contributed by atoms with E-state index in [1.54, 1.807) is 0 Å². The van der Waals surface area contributed by atoms with Crippen LogP contribution in [0.25, 0.3) is 4.91 Å². The summed E-state index contributed by atoms with van der Waals surface area (Å²) in [6.45, 7) is 0. The molecule has 0 aromatic heterocycles. The Bertz CT molecular complexity index is 960. The molecule has 1 aliphatic rings. The molecule has 30 heavy (non-hydrogen) atoms. The fourth-order valence-corrected chi connectivity index (χ4v) is 5.88. The Morgan fingerprint density at radius 2 is 1.33 bits per heavy atom. The number of aliphatic imine (C=N–C) groups is 1. The third kappa shape index (κ3) is 6.38. The van der Waals surface area contributed by atoms with Crippen molar-refractivity contribution in [2.45, 2.75) is 42.2 Å². The smallest absolute Gasteiger partial charge is 0.0981 e. The zero-order valence-electron chi connectivity index (χ0n) is 17.1. The van der Waals surface area contributed by atoms with Crippen LogP contribution >= 0.6 is 23.5 Å². The van der Waals surface area contributed by atoms with Gasteiger partial charge in [-0.15, -0.1) is 11.8 Å². The molecule has 0 spiro atoms. The Balaban J connectivity index is 1.69. The van der Waals surface area contributed by atoms with Crippen LogP contribution in [0.4, 0.5) is 5.69 Å². The van der Waals surface area contributed by atoms with Gasteiger partial charge in [0, 0.05) is 15.1 Å². The molecule has 0 unspecified atom stereocenters. The third-order valence-electron chi connectivity index (χ3n) is 5.12. The van der Waals surface area contributed by atoms with E-state index in [9.17, 15) is 0 Å². The second-order valence-electron chi connectivity index (χ2n) is 7.45. The van der Waals surface area contributed by atoms with Crippen LogP contribution in [0.5, 0.6) is 0 Å². The summed E-state index contributed by atoms with van der Waals surface area (Å²) in [6.07, 6.45) is 8.92. The van der Waals surface area contributed by atoms with E-state index in [0.717, 1.165) is 10.7 Å². The first-order chi connectivity index (χ1) is 14.9. The summed E-state index contributed by atoms with van der Waals surface area (Å²) in [5, 5.41) is 1.77. The van der Waals surface area contributed by atoms with Gasteiger partial charge in [-0.1, -0.05) is 97.8 Å². The Morgan fingerprint density at radius 3 is 2.00 bits per heavy atom. The predicted molar refractivity (Wildman–Crippen MR) is 135 cm³/mol. The fraction of sp³-hybridized carbons (Fsp3) is 0.222. The number of hydrogen-bond donors (Lipinski definition) is 0. The van der Waals surface area contributed by atoms with Crippen LogP contribution in [0, 0.1) is 0 Å². The third-order valence-corrected chi connectivity index (χ3v) is 7.46. The Morgan fingerprint density at radius 1 is 0.733 bits per heavy atom. The van der Waals surface area contributed by atoms with E-state index < -0.39 is 0 Å². The van der Waals surface area contributed by atoms with Crippen LogP contribution in [0.2, 0.25) is 0 Å². The number of benzene rings is 3. The Kier molecular flexibility index (Phi) is 7.88. The summed E-state index contributed by atoms with van der Waals surface area (Å²) >= 11 is 3.76. The van der Waals surface area contributed by atoms with Crippen LogP contribution in [0.1, 0.15) is 37.7 Å². The quantitative estimate of drug-likeness (QED) is 0.221. The lowest BCUT2D eigenvalue weighted by molar-refractivity contribution is 0.517. The molecule has 3 aromatic rings. The maximum atomic E-state index is 5.05. The zero-order chi connectivity index (χ0) is 20.4. The van der Waals surface area contributed by atoms with Crippen LogP contribution in [0.15, 0.2) is 107 Å². The summed E-state index contributed by atoms with van der Waals surface area (Å²) in [7, 11) is 0. The predicted octanol–water partition coefficient (Wildman–Crippen LogP) is 8.62. The normalized spacial score (nSPS) is 15.9. The van der Waals surface area contributed by atoms with Gasteiger partial charge < -0.3 is 0 Å². The molecule has 0 atom stereocenters. The highest BCUT2D eigenvalue weighted by atomic mass is 32.2. The lowest BCUT2D eigenvalue weighted by Gasteiger charge is -2.21. The van der Waals surface area contributed by atoms with Crippen molar-refractivity contribution < 1.29 is 0 Å². The Hall–Kier alpha value is -2.23. The average Bonchev–Trinajstić information content (AvgIpc) is 2.81. The number of thioether (sulfide) groups is 2. The average molecular weight is 430 g/mol. The summed E-state index contributed by atoms with van der Waals surface area (Å²) < 4.78 is 0. The van der Waals surface area contributed by atoms with Crippen LogP contribution < -0.4 is 0 Å². The van der Waals surface area contributed by atoms with E-state index in [2.05, 4.69) is 91.0 Å². The van der Waals surface area contributed by atoms with E-state index in [4.69, 9.17) is 4.99 Å². The summed E-state index contributed by atoms with van der Waals surface area (Å²) in [5.41, 5.74) is 2.25. The molecule has 0 radical (unpaired) electrons. The minimum Gasteiger partial charge on any atom is -0.242 e. The molecule has 152 valence electrons. The van der Waals surface area contributed by atoms with Crippen LogP contribution in [-0.4, -0.2) is 10.3 Å². The number of hydrogen-bond acceptors (Lipinski definition) is 3. The molecular formula is C27H27NS2. The van der Waals surface area contributed by atoms with E-state index in [1.807, 2.05) is 29.6 Å². The van der Waals surface area contributed by atoms with Crippen molar-refractivity contribution in [1.82, 2.24) is 0 Å². The van der Waals surface area contributed by atoms with Crippen molar-refractivity contribution in [2.24, 2.45) is 4.99 Å². The maximum absolute atomic E-state index is 5.05. The van der Waals surface area contributed by atoms with E-state index in [-0.39, 0.29) is 0 Å². The van der Waals surface area contributed by atoms with Crippen molar-refractivity contribution >= 4 is 39.2 Å². The second kappa shape index (κ2) is 11.2. The molecule has 1 saturated carbocycles. The van der Waals surface area contributed by atoms with Gasteiger partial charge in [0.25, 0.3) is 0 Å². The number of rotatable bonds is 6. The molecule has 0 aliphatic heterocycles. The highest BCUT2D eigenvalue weighted by Crippen LogP contribution is 2.37. The first-order valence-corrected chi connectivity index (χ1v) is 12.4. The van der Waals surface area contributed by atoms with Gasteiger partial charge in [-0.2, -0.15) is 0 Å². The highest BCUT2D eigenvalue weighted by Gasteiger charge is 2.17. The largest absolute Gasteiger partial charge is 0.242 e. The van der Waals surface area contributed by atoms with E-state index in [0.29, 0.717) is 5.25 Å². The van der Waals surface area contributed by atoms with Crippen molar-refractivity contribution in [3.05, 3.63) is 103 Å². The van der Waals surface area contributed by atoms with Crippen molar-refractivity contribution in [3.8, 4) is 0 Å². The van der Waals surface area contributed by atoms with Gasteiger partial charge in [0.15, 0.2) is 0 Å². The molecule has 1 fully saturated rings. The van der Waals surface area contributed by atoms with Crippen LogP contribution in [-0.2, 0) is 0 Å². The van der Waals surface area contributed by atoms with Crippen molar-refractivity contribution in [2.75, 3.05) is 0 Å². The molecule has 0 amide bonds. The lowest BCUT2D eigenvalue weighted by Crippen LogP contribution is -2.10. The van der Waals surface area contributed by atoms with Gasteiger partial charge >= 0.3 is 0 Å². The molecule has 3 aromatic carbocycles. The molecule has 3 heteroatoms. The molecule has 0 saturated heterocycles. The highest BCUT2D eigenvalue weighted by molar-refractivity contribution is 8.15. The first-order valence-electron chi connectivity index (χ1n) is 10.7. The van der Waals surface area contributed by atoms with E-state index in [1.165, 1.54) is 47.5 Å². The maximum Gasteiger partial charge on any atom is 0.0981 e. The van der Waals surface area contributed by atoms with Gasteiger partial charge in [0.05, 0.1) is 10.7 Å². The van der Waals surface area contributed by atoms with Gasteiger partial charge in [0.2, 0.25) is 0 Å². The van der Waals surface area contributed by atoms with Gasteiger partial charge in [-0.25, -0.2) is 4.99 Å². The SMILES string of the molecule is C(=C(Sc1ccccc1)c1ccccc1)C(=Nc1ccccc1)SC1CCCCC1. The van der Waals surface area contributed by atoms with Crippen LogP contribution in [0.3, 0.4) is 0 Å². The zero-order valence-corrected chi connectivity index (χ0v) is 18.7. The topological polar surface area (TPSA) is 12.4 Å². The number of para-hydroxylation sites is 1. The lowest BCUT2D eigenvalue weighted by atomic mass is 10.0. The monoisotopic (exact) mass is 429 g/mol. The van der Waals surface area contributed by atoms with Gasteiger partial charge in [-0.3, -0.25) is 0 Å². The standard InChI is InChI=1S/C27H27NS2/c1-5-13-22(14-6-1)26(29-24-17-9-3-10-18-24)21-27(28-23-15-7-2-8-16-23)30-25-19-11-4-12-20-25/h1-3,5-10,13-18,21,25H,4,11-12,19-20H2.